The van der Waals surface area contributed by atoms with Gasteiger partial charge in [0.1, 0.15) is 0 Å². The zero-order valence-corrected chi connectivity index (χ0v) is 41.4. The summed E-state index contributed by atoms with van der Waals surface area (Å²) < 4.78 is 2.31. The third-order valence-corrected chi connectivity index (χ3v) is 14.9. The minimum Gasteiger partial charge on any atom is -0.311 e. The maximum atomic E-state index is 5.45. The van der Waals surface area contributed by atoms with E-state index in [-0.39, 0.29) is 0 Å². The van der Waals surface area contributed by atoms with Crippen molar-refractivity contribution in [1.29, 1.82) is 0 Å². The Morgan fingerprint density at radius 1 is 0.303 bits per heavy atom. The molecule has 6 nitrogen and oxygen atoms in total. The van der Waals surface area contributed by atoms with Gasteiger partial charge in [-0.2, -0.15) is 9.97 Å². The van der Waals surface area contributed by atoms with Gasteiger partial charge in [-0.3, -0.25) is 4.57 Å². The van der Waals surface area contributed by atoms with Crippen LogP contribution < -0.4 is 9.80 Å². The average molecular weight is 973 g/mol. The molecule has 1 aliphatic carbocycles. The molecule has 0 N–H and O–H groups in total. The van der Waals surface area contributed by atoms with E-state index in [4.69, 9.17) is 15.0 Å². The molecule has 0 spiro atoms. The number of hydrogen-bond acceptors (Lipinski definition) is 5. The Morgan fingerprint density at radius 2 is 0.697 bits per heavy atom. The molecular formula is C70H48N6. The highest BCUT2D eigenvalue weighted by atomic mass is 15.2. The Morgan fingerprint density at radius 3 is 1.17 bits per heavy atom. The molecule has 0 saturated carbocycles. The molecule has 0 amide bonds. The molecule has 0 atom stereocenters. The highest BCUT2D eigenvalue weighted by molar-refractivity contribution is 6.13. The summed E-state index contributed by atoms with van der Waals surface area (Å²) in [6, 6.07) is 104. The van der Waals surface area contributed by atoms with Crippen molar-refractivity contribution < 1.29 is 0 Å². The van der Waals surface area contributed by atoms with Crippen LogP contribution in [0.4, 0.5) is 34.1 Å². The topological polar surface area (TPSA) is 50.1 Å². The number of nitrogens with zero attached hydrogens (tertiary/aromatic N) is 6. The van der Waals surface area contributed by atoms with Crippen molar-refractivity contribution in [3.05, 3.63) is 313 Å². The van der Waals surface area contributed by atoms with Crippen LogP contribution in [0.15, 0.2) is 291 Å². The van der Waals surface area contributed by atoms with Crippen molar-refractivity contribution in [2.75, 3.05) is 9.80 Å². The van der Waals surface area contributed by atoms with Crippen molar-refractivity contribution in [3.63, 3.8) is 0 Å². The van der Waals surface area contributed by atoms with Gasteiger partial charge in [0.2, 0.25) is 5.95 Å². The first kappa shape index (κ1) is 44.5. The molecule has 11 aromatic carbocycles. The van der Waals surface area contributed by atoms with Gasteiger partial charge in [0.05, 0.1) is 16.4 Å². The highest BCUT2D eigenvalue weighted by Crippen LogP contribution is 2.59. The van der Waals surface area contributed by atoms with Crippen LogP contribution in [0.2, 0.25) is 0 Å². The minimum atomic E-state index is -0.846. The molecule has 14 rings (SSSR count). The second-order valence-electron chi connectivity index (χ2n) is 19.2. The van der Waals surface area contributed by atoms with E-state index in [0.29, 0.717) is 17.6 Å². The number of benzene rings is 11. The SMILES string of the molecule is c1ccc(-c2nc(-c3ccccc3)nc(-n3c4ccccc4c4ccc5c(c43)C(c3ccc(N(c4ccccc4)c4ccccc4)cc3)(c3ccc(N(c4ccccc4)c4ccccc4)cc3)c3ccccc3-5)n2)cc1. The van der Waals surface area contributed by atoms with E-state index in [2.05, 4.69) is 269 Å². The molecule has 0 aliphatic heterocycles. The second kappa shape index (κ2) is 18.7. The quantitative estimate of drug-likeness (QED) is 0.129. The molecule has 76 heavy (non-hydrogen) atoms. The van der Waals surface area contributed by atoms with Crippen LogP contribution in [0.3, 0.4) is 0 Å². The minimum absolute atomic E-state index is 0.547. The molecule has 1 aliphatic rings. The molecular weight excluding hydrogens is 925 g/mol. The van der Waals surface area contributed by atoms with Gasteiger partial charge in [-0.25, -0.2) is 4.98 Å². The van der Waals surface area contributed by atoms with E-state index in [9.17, 15) is 0 Å². The van der Waals surface area contributed by atoms with E-state index < -0.39 is 5.41 Å². The van der Waals surface area contributed by atoms with Crippen LogP contribution in [0.5, 0.6) is 0 Å². The number of anilines is 6. The summed E-state index contributed by atoms with van der Waals surface area (Å²) in [6.07, 6.45) is 0. The Bertz CT molecular complexity index is 3920. The number of hydrogen-bond donors (Lipinski definition) is 0. The summed E-state index contributed by atoms with van der Waals surface area (Å²) in [6.45, 7) is 0. The lowest BCUT2D eigenvalue weighted by molar-refractivity contribution is 0.770. The van der Waals surface area contributed by atoms with E-state index in [1.807, 2.05) is 36.4 Å². The first-order chi connectivity index (χ1) is 37.7. The maximum Gasteiger partial charge on any atom is 0.238 e. The summed E-state index contributed by atoms with van der Waals surface area (Å²) in [5, 5.41) is 2.22. The van der Waals surface area contributed by atoms with Crippen molar-refractivity contribution in [2.45, 2.75) is 5.41 Å². The normalized spacial score (nSPS) is 12.3. The van der Waals surface area contributed by atoms with E-state index >= 15 is 0 Å². The van der Waals surface area contributed by atoms with Crippen molar-refractivity contribution in [2.24, 2.45) is 0 Å². The Labute approximate surface area is 441 Å². The Balaban J connectivity index is 1.07. The molecule has 0 unspecified atom stereocenters. The highest BCUT2D eigenvalue weighted by Gasteiger charge is 2.48. The lowest BCUT2D eigenvalue weighted by Gasteiger charge is -2.35. The van der Waals surface area contributed by atoms with Gasteiger partial charge < -0.3 is 9.80 Å². The third kappa shape index (κ3) is 7.38. The van der Waals surface area contributed by atoms with Gasteiger partial charge in [-0.1, -0.05) is 212 Å². The summed E-state index contributed by atoms with van der Waals surface area (Å²) in [4.78, 5) is 20.7. The van der Waals surface area contributed by atoms with Gasteiger partial charge in [-0.15, -0.1) is 0 Å². The average Bonchev–Trinajstić information content (AvgIpc) is 4.12. The fourth-order valence-corrected chi connectivity index (χ4v) is 11.6. The lowest BCUT2D eigenvalue weighted by Crippen LogP contribution is -2.29. The molecule has 13 aromatic rings. The van der Waals surface area contributed by atoms with Crippen molar-refractivity contribution in [1.82, 2.24) is 19.5 Å². The number of aromatic nitrogens is 4. The zero-order chi connectivity index (χ0) is 50.4. The first-order valence-corrected chi connectivity index (χ1v) is 25.8. The summed E-state index contributed by atoms with van der Waals surface area (Å²) in [5.41, 5.74) is 16.4. The molecule has 0 radical (unpaired) electrons. The third-order valence-electron chi connectivity index (χ3n) is 14.9. The monoisotopic (exact) mass is 972 g/mol. The molecule has 2 aromatic heterocycles. The molecule has 2 heterocycles. The predicted molar refractivity (Wildman–Crippen MR) is 312 cm³/mol. The summed E-state index contributed by atoms with van der Waals surface area (Å²) in [5.74, 6) is 1.75. The predicted octanol–water partition coefficient (Wildman–Crippen LogP) is 17.6. The molecule has 358 valence electrons. The maximum absolute atomic E-state index is 5.45. The number of rotatable bonds is 11. The van der Waals surface area contributed by atoms with E-state index in [0.717, 1.165) is 89.3 Å². The fourth-order valence-electron chi connectivity index (χ4n) is 11.6. The molecule has 0 bridgehead atoms. The zero-order valence-electron chi connectivity index (χ0n) is 41.4. The summed E-state index contributed by atoms with van der Waals surface area (Å²) >= 11 is 0. The van der Waals surface area contributed by atoms with Gasteiger partial charge in [0.25, 0.3) is 0 Å². The van der Waals surface area contributed by atoms with Gasteiger partial charge in [0, 0.05) is 61.6 Å². The van der Waals surface area contributed by atoms with E-state index in [1.165, 1.54) is 11.1 Å². The van der Waals surface area contributed by atoms with Crippen LogP contribution >= 0.6 is 0 Å². The van der Waals surface area contributed by atoms with Crippen LogP contribution in [0, 0.1) is 0 Å². The lowest BCUT2D eigenvalue weighted by atomic mass is 9.67. The van der Waals surface area contributed by atoms with Gasteiger partial charge >= 0.3 is 0 Å². The Hall–Kier alpha value is -10.2. The number of para-hydroxylation sites is 5. The van der Waals surface area contributed by atoms with Crippen molar-refractivity contribution >= 4 is 55.9 Å². The first-order valence-electron chi connectivity index (χ1n) is 25.8. The molecule has 0 fully saturated rings. The second-order valence-corrected chi connectivity index (χ2v) is 19.2. The van der Waals surface area contributed by atoms with Crippen LogP contribution in [0.25, 0.3) is 61.7 Å². The van der Waals surface area contributed by atoms with Crippen LogP contribution in [-0.4, -0.2) is 19.5 Å². The molecule has 0 saturated heterocycles. The van der Waals surface area contributed by atoms with E-state index in [1.54, 1.807) is 0 Å². The van der Waals surface area contributed by atoms with Crippen LogP contribution in [-0.2, 0) is 5.41 Å². The largest absolute Gasteiger partial charge is 0.311 e. The standard InChI is InChI=1S/C70H48N6/c1-7-23-49(24-8-1)67-71-68(50-25-9-2-10-26-50)73-69(72-67)76-64-38-22-20-36-60(64)62-48-47-61-59-35-19-21-37-63(59)70(65(61)66(62)76,51-39-43-57(44-40-51)74(53-27-11-3-12-28-53)54-29-13-4-14-30-54)52-41-45-58(46-42-52)75(55-31-15-5-16-32-55)56-33-17-6-18-34-56/h1-48H. The Kier molecular flexibility index (Phi) is 11.0. The van der Waals surface area contributed by atoms with Crippen LogP contribution in [0.1, 0.15) is 22.3 Å². The smallest absolute Gasteiger partial charge is 0.238 e. The molecule has 6 heteroatoms. The fraction of sp³-hybridized carbons (Fsp3) is 0.0143. The van der Waals surface area contributed by atoms with Crippen molar-refractivity contribution in [3.8, 4) is 39.9 Å². The van der Waals surface area contributed by atoms with Gasteiger partial charge in [-0.05, 0) is 107 Å². The number of fused-ring (bicyclic) bond motifs is 7. The van der Waals surface area contributed by atoms with Gasteiger partial charge in [0.15, 0.2) is 11.6 Å². The summed E-state index contributed by atoms with van der Waals surface area (Å²) in [7, 11) is 0.